The van der Waals surface area contributed by atoms with Gasteiger partial charge in [0.2, 0.25) is 0 Å². The molecule has 1 aromatic rings. The summed E-state index contributed by atoms with van der Waals surface area (Å²) in [5.41, 5.74) is 4.58. The Labute approximate surface area is 91.4 Å². The number of halogens is 3. The second kappa shape index (κ2) is 5.05. The van der Waals surface area contributed by atoms with E-state index in [1.807, 2.05) is 6.92 Å². The van der Waals surface area contributed by atoms with Gasteiger partial charge >= 0.3 is 6.18 Å². The van der Waals surface area contributed by atoms with E-state index in [4.69, 9.17) is 10.5 Å². The molecule has 0 fully saturated rings. The number of ether oxygens (including phenoxy) is 1. The number of rotatable bonds is 4. The molecule has 0 aliphatic rings. The van der Waals surface area contributed by atoms with E-state index in [-0.39, 0.29) is 11.4 Å². The van der Waals surface area contributed by atoms with Crippen LogP contribution in [-0.4, -0.2) is 11.6 Å². The molecule has 1 rings (SSSR count). The predicted octanol–water partition coefficient (Wildman–Crippen LogP) is 2.86. The van der Waals surface area contributed by atoms with Crippen molar-refractivity contribution in [3.05, 3.63) is 18.0 Å². The Bertz CT molecular complexity index is 352. The standard InChI is InChI=1S/C10H13F3N2O/c1-2-3-4-16-8-5-9(10(11,12)13)15-6-7(8)14/h5-6H,2-4,14H2,1H3. The van der Waals surface area contributed by atoms with Gasteiger partial charge in [-0.3, -0.25) is 0 Å². The molecule has 0 amide bonds. The zero-order valence-electron chi connectivity index (χ0n) is 8.84. The zero-order valence-corrected chi connectivity index (χ0v) is 8.84. The normalized spacial score (nSPS) is 11.5. The highest BCUT2D eigenvalue weighted by Crippen LogP contribution is 2.32. The summed E-state index contributed by atoms with van der Waals surface area (Å²) >= 11 is 0. The van der Waals surface area contributed by atoms with Crippen molar-refractivity contribution in [2.45, 2.75) is 25.9 Å². The molecule has 0 atom stereocenters. The summed E-state index contributed by atoms with van der Waals surface area (Å²) in [6, 6.07) is 0.824. The number of nitrogen functional groups attached to an aromatic ring is 1. The summed E-state index contributed by atoms with van der Waals surface area (Å²) < 4.78 is 42.1. The lowest BCUT2D eigenvalue weighted by atomic mass is 10.3. The highest BCUT2D eigenvalue weighted by atomic mass is 19.4. The molecule has 3 nitrogen and oxygen atoms in total. The first kappa shape index (κ1) is 12.6. The van der Waals surface area contributed by atoms with Crippen LogP contribution in [0, 0.1) is 0 Å². The van der Waals surface area contributed by atoms with E-state index in [9.17, 15) is 13.2 Å². The van der Waals surface area contributed by atoms with E-state index >= 15 is 0 Å². The molecule has 0 aromatic carbocycles. The third-order valence-corrected chi connectivity index (χ3v) is 1.94. The summed E-state index contributed by atoms with van der Waals surface area (Å²) in [7, 11) is 0. The van der Waals surface area contributed by atoms with Gasteiger partial charge in [-0.25, -0.2) is 4.98 Å². The maximum absolute atomic E-state index is 12.3. The molecule has 1 heterocycles. The van der Waals surface area contributed by atoms with Crippen molar-refractivity contribution < 1.29 is 17.9 Å². The number of hydrogen-bond donors (Lipinski definition) is 1. The highest BCUT2D eigenvalue weighted by molar-refractivity contribution is 5.51. The fourth-order valence-corrected chi connectivity index (χ4v) is 1.05. The topological polar surface area (TPSA) is 48.1 Å². The Morgan fingerprint density at radius 1 is 1.44 bits per heavy atom. The Hall–Kier alpha value is -1.46. The van der Waals surface area contributed by atoms with Crippen LogP contribution in [0.4, 0.5) is 18.9 Å². The molecule has 0 unspecified atom stereocenters. The second-order valence-electron chi connectivity index (χ2n) is 3.31. The SMILES string of the molecule is CCCCOc1cc(C(F)(F)F)ncc1N. The number of nitrogens with two attached hydrogens (primary N) is 1. The molecule has 0 spiro atoms. The van der Waals surface area contributed by atoms with E-state index < -0.39 is 11.9 Å². The minimum absolute atomic E-state index is 0.0378. The van der Waals surface area contributed by atoms with E-state index in [2.05, 4.69) is 4.98 Å². The van der Waals surface area contributed by atoms with Crippen LogP contribution in [0.1, 0.15) is 25.5 Å². The van der Waals surface area contributed by atoms with E-state index in [0.717, 1.165) is 25.1 Å². The number of alkyl halides is 3. The van der Waals surface area contributed by atoms with Crippen molar-refractivity contribution >= 4 is 5.69 Å². The molecule has 2 N–H and O–H groups in total. The molecule has 0 saturated heterocycles. The average molecular weight is 234 g/mol. The van der Waals surface area contributed by atoms with Crippen LogP contribution in [0.15, 0.2) is 12.3 Å². The van der Waals surface area contributed by atoms with Crippen molar-refractivity contribution in [2.75, 3.05) is 12.3 Å². The monoisotopic (exact) mass is 234 g/mol. The minimum Gasteiger partial charge on any atom is -0.491 e. The van der Waals surface area contributed by atoms with Gasteiger partial charge in [-0.1, -0.05) is 13.3 Å². The lowest BCUT2D eigenvalue weighted by Crippen LogP contribution is -2.09. The second-order valence-corrected chi connectivity index (χ2v) is 3.31. The van der Waals surface area contributed by atoms with Crippen LogP contribution in [0.2, 0.25) is 0 Å². The highest BCUT2D eigenvalue weighted by Gasteiger charge is 2.33. The Balaban J connectivity index is 2.83. The summed E-state index contributed by atoms with van der Waals surface area (Å²) in [5.74, 6) is 0.0378. The van der Waals surface area contributed by atoms with Crippen molar-refractivity contribution in [1.82, 2.24) is 4.98 Å². The van der Waals surface area contributed by atoms with E-state index in [1.54, 1.807) is 0 Å². The van der Waals surface area contributed by atoms with E-state index in [0.29, 0.717) is 6.61 Å². The first-order valence-corrected chi connectivity index (χ1v) is 4.90. The number of nitrogens with zero attached hydrogens (tertiary/aromatic N) is 1. The summed E-state index contributed by atoms with van der Waals surface area (Å²) in [6.45, 7) is 2.31. The molecular formula is C10H13F3N2O. The minimum atomic E-state index is -4.48. The van der Waals surface area contributed by atoms with Crippen LogP contribution in [0.25, 0.3) is 0 Å². The molecule has 90 valence electrons. The maximum Gasteiger partial charge on any atom is 0.433 e. The smallest absolute Gasteiger partial charge is 0.433 e. The van der Waals surface area contributed by atoms with Gasteiger partial charge in [0.1, 0.15) is 11.4 Å². The van der Waals surface area contributed by atoms with Gasteiger partial charge in [0, 0.05) is 6.07 Å². The molecule has 0 saturated carbocycles. The molecular weight excluding hydrogens is 221 g/mol. The fourth-order valence-electron chi connectivity index (χ4n) is 1.05. The first-order valence-electron chi connectivity index (χ1n) is 4.90. The van der Waals surface area contributed by atoms with Gasteiger partial charge < -0.3 is 10.5 Å². The number of hydrogen-bond acceptors (Lipinski definition) is 3. The number of pyridine rings is 1. The molecule has 0 bridgehead atoms. The van der Waals surface area contributed by atoms with Crippen molar-refractivity contribution in [3.8, 4) is 5.75 Å². The Morgan fingerprint density at radius 3 is 2.69 bits per heavy atom. The summed E-state index contributed by atoms with van der Waals surface area (Å²) in [5, 5.41) is 0. The predicted molar refractivity (Wildman–Crippen MR) is 54.1 cm³/mol. The van der Waals surface area contributed by atoms with Crippen molar-refractivity contribution in [3.63, 3.8) is 0 Å². The molecule has 16 heavy (non-hydrogen) atoms. The van der Waals surface area contributed by atoms with Crippen LogP contribution >= 0.6 is 0 Å². The third kappa shape index (κ3) is 3.29. The quantitative estimate of drug-likeness (QED) is 0.815. The van der Waals surface area contributed by atoms with Crippen LogP contribution in [0.3, 0.4) is 0 Å². The van der Waals surface area contributed by atoms with Gasteiger partial charge in [-0.05, 0) is 6.42 Å². The maximum atomic E-state index is 12.3. The lowest BCUT2D eigenvalue weighted by Gasteiger charge is -2.11. The summed E-state index contributed by atoms with van der Waals surface area (Å²) in [6.07, 6.45) is -1.85. The Morgan fingerprint density at radius 2 is 2.12 bits per heavy atom. The average Bonchev–Trinajstić information content (AvgIpc) is 2.19. The number of unbranched alkanes of at least 4 members (excludes halogenated alkanes) is 1. The Kier molecular flexibility index (Phi) is 3.98. The van der Waals surface area contributed by atoms with Crippen molar-refractivity contribution in [2.24, 2.45) is 0 Å². The molecule has 1 aromatic heterocycles. The van der Waals surface area contributed by atoms with Gasteiger partial charge in [-0.2, -0.15) is 13.2 Å². The molecule has 0 aliphatic heterocycles. The number of anilines is 1. The first-order chi connectivity index (χ1) is 7.45. The van der Waals surface area contributed by atoms with E-state index in [1.165, 1.54) is 0 Å². The van der Waals surface area contributed by atoms with Crippen LogP contribution < -0.4 is 10.5 Å². The molecule has 0 aliphatic carbocycles. The van der Waals surface area contributed by atoms with Gasteiger partial charge in [-0.15, -0.1) is 0 Å². The lowest BCUT2D eigenvalue weighted by molar-refractivity contribution is -0.141. The van der Waals surface area contributed by atoms with Gasteiger partial charge in [0.15, 0.2) is 0 Å². The third-order valence-electron chi connectivity index (χ3n) is 1.94. The van der Waals surface area contributed by atoms with Crippen LogP contribution in [-0.2, 0) is 6.18 Å². The fraction of sp³-hybridized carbons (Fsp3) is 0.500. The van der Waals surface area contributed by atoms with Crippen molar-refractivity contribution in [1.29, 1.82) is 0 Å². The molecule has 0 radical (unpaired) electrons. The number of aromatic nitrogens is 1. The summed E-state index contributed by atoms with van der Waals surface area (Å²) in [4.78, 5) is 3.21. The van der Waals surface area contributed by atoms with Crippen LogP contribution in [0.5, 0.6) is 5.75 Å². The largest absolute Gasteiger partial charge is 0.491 e. The zero-order chi connectivity index (χ0) is 12.2. The van der Waals surface area contributed by atoms with Gasteiger partial charge in [0.25, 0.3) is 0 Å². The van der Waals surface area contributed by atoms with Gasteiger partial charge in [0.05, 0.1) is 18.5 Å². The molecule has 6 heteroatoms.